The van der Waals surface area contributed by atoms with Gasteiger partial charge in [0.25, 0.3) is 0 Å². The molecule has 0 unspecified atom stereocenters. The van der Waals surface area contributed by atoms with E-state index in [4.69, 9.17) is 23.7 Å². The molecule has 1 fully saturated rings. The van der Waals surface area contributed by atoms with Gasteiger partial charge in [-0.2, -0.15) is 0 Å². The first kappa shape index (κ1) is 24.1. The van der Waals surface area contributed by atoms with E-state index >= 15 is 0 Å². The smallest absolute Gasteiger partial charge is 0.314 e. The molecule has 31 heavy (non-hydrogen) atoms. The summed E-state index contributed by atoms with van der Waals surface area (Å²) in [5.41, 5.74) is -0.486. The van der Waals surface area contributed by atoms with Crippen molar-refractivity contribution >= 4 is 23.6 Å². The van der Waals surface area contributed by atoms with Crippen LogP contribution in [0, 0.1) is 16.0 Å². The normalized spacial score (nSPS) is 25.3. The zero-order valence-corrected chi connectivity index (χ0v) is 17.9. The Kier molecular flexibility index (Phi) is 7.92. The van der Waals surface area contributed by atoms with Gasteiger partial charge in [-0.05, 0) is 18.6 Å². The average molecular weight is 439 g/mol. The number of carbonyl (C=O) groups excluding carboxylic acids is 3. The molecule has 170 valence electrons. The molecule has 1 aliphatic heterocycles. The van der Waals surface area contributed by atoms with Crippen LogP contribution in [0.4, 0.5) is 5.69 Å². The quantitative estimate of drug-likeness (QED) is 0.269. The number of nitro benzene ring substituents is 1. The highest BCUT2D eigenvalue weighted by Crippen LogP contribution is 2.37. The Bertz CT molecular complexity index is 854. The minimum absolute atomic E-state index is 0.0366. The van der Waals surface area contributed by atoms with E-state index in [9.17, 15) is 24.5 Å². The first-order valence-corrected chi connectivity index (χ1v) is 9.66. The highest BCUT2D eigenvalue weighted by molar-refractivity contribution is 5.70. The first-order chi connectivity index (χ1) is 14.5. The number of nitrogens with zero attached hydrogens (tertiary/aromatic N) is 1. The molecule has 0 aromatic heterocycles. The maximum Gasteiger partial charge on any atom is 0.314 e. The molecular formula is C20H25NO10. The predicted octanol–water partition coefficient (Wildman–Crippen LogP) is 2.53. The van der Waals surface area contributed by atoms with Gasteiger partial charge in [0.2, 0.25) is 18.1 Å². The lowest BCUT2D eigenvalue weighted by Gasteiger charge is -2.43. The van der Waals surface area contributed by atoms with Crippen molar-refractivity contribution in [2.75, 3.05) is 0 Å². The molecule has 0 radical (unpaired) electrons. The molecule has 1 saturated heterocycles. The van der Waals surface area contributed by atoms with Gasteiger partial charge in [0, 0.05) is 26.7 Å². The largest absolute Gasteiger partial charge is 0.458 e. The van der Waals surface area contributed by atoms with Crippen LogP contribution in [0.3, 0.4) is 0 Å². The Balaban J connectivity index is 2.43. The molecule has 0 amide bonds. The van der Waals surface area contributed by atoms with Crippen LogP contribution in [0.15, 0.2) is 18.2 Å². The molecule has 0 N–H and O–H groups in total. The van der Waals surface area contributed by atoms with Crippen LogP contribution in [0.5, 0.6) is 11.5 Å². The highest BCUT2D eigenvalue weighted by Gasteiger charge is 2.49. The Hall–Kier alpha value is -3.21. The van der Waals surface area contributed by atoms with E-state index < -0.39 is 53.1 Å². The minimum Gasteiger partial charge on any atom is -0.458 e. The number of carbonyl (C=O) groups is 3. The molecule has 1 aliphatic rings. The maximum atomic E-state index is 11.7. The van der Waals surface area contributed by atoms with Crippen molar-refractivity contribution in [3.8, 4) is 11.5 Å². The SMILES string of the molecule is CC[C@@H]1O[C@H](Oc2ccc(OC(C)=O)cc2[N+](=O)[O-])[C@@H](OC(C)=O)[C@H](OC(C)=O)[C@H]1C. The summed E-state index contributed by atoms with van der Waals surface area (Å²) in [6, 6.07) is 3.59. The van der Waals surface area contributed by atoms with Gasteiger partial charge in [-0.25, -0.2) is 0 Å². The van der Waals surface area contributed by atoms with Gasteiger partial charge in [-0.1, -0.05) is 13.8 Å². The number of esters is 3. The van der Waals surface area contributed by atoms with Crippen LogP contribution in [0.25, 0.3) is 0 Å². The third kappa shape index (κ3) is 6.14. The van der Waals surface area contributed by atoms with Crippen LogP contribution in [0.2, 0.25) is 0 Å². The van der Waals surface area contributed by atoms with Crippen molar-refractivity contribution < 1.29 is 43.0 Å². The fourth-order valence-electron chi connectivity index (χ4n) is 3.38. The summed E-state index contributed by atoms with van der Waals surface area (Å²) >= 11 is 0. The number of benzene rings is 1. The Morgan fingerprint density at radius 2 is 1.68 bits per heavy atom. The molecule has 1 heterocycles. The number of ether oxygens (including phenoxy) is 5. The molecule has 0 aliphatic carbocycles. The molecule has 5 atom stereocenters. The van der Waals surface area contributed by atoms with Gasteiger partial charge in [0.1, 0.15) is 11.9 Å². The monoisotopic (exact) mass is 439 g/mol. The summed E-state index contributed by atoms with van der Waals surface area (Å²) in [5.74, 6) is -2.46. The fraction of sp³-hybridized carbons (Fsp3) is 0.550. The average Bonchev–Trinajstić information content (AvgIpc) is 2.66. The van der Waals surface area contributed by atoms with Gasteiger partial charge in [0.15, 0.2) is 0 Å². The second kappa shape index (κ2) is 10.2. The van der Waals surface area contributed by atoms with Gasteiger partial charge in [0.05, 0.1) is 17.1 Å². The predicted molar refractivity (Wildman–Crippen MR) is 104 cm³/mol. The fourth-order valence-corrected chi connectivity index (χ4v) is 3.38. The Morgan fingerprint density at radius 3 is 2.19 bits per heavy atom. The molecular weight excluding hydrogens is 414 g/mol. The van der Waals surface area contributed by atoms with Crippen molar-refractivity contribution in [1.29, 1.82) is 0 Å². The van der Waals surface area contributed by atoms with Crippen molar-refractivity contribution in [3.63, 3.8) is 0 Å². The summed E-state index contributed by atoms with van der Waals surface area (Å²) in [7, 11) is 0. The highest BCUT2D eigenvalue weighted by atomic mass is 16.7. The molecule has 2 rings (SSSR count). The molecule has 0 spiro atoms. The van der Waals surface area contributed by atoms with Gasteiger partial charge >= 0.3 is 23.6 Å². The van der Waals surface area contributed by atoms with Crippen LogP contribution in [-0.2, 0) is 28.6 Å². The van der Waals surface area contributed by atoms with Crippen LogP contribution < -0.4 is 9.47 Å². The summed E-state index contributed by atoms with van der Waals surface area (Å²) in [6.45, 7) is 7.20. The number of rotatable bonds is 7. The summed E-state index contributed by atoms with van der Waals surface area (Å²) in [5, 5.41) is 11.5. The zero-order valence-electron chi connectivity index (χ0n) is 17.9. The van der Waals surface area contributed by atoms with Gasteiger partial charge in [-0.3, -0.25) is 24.5 Å². The van der Waals surface area contributed by atoms with Gasteiger partial charge < -0.3 is 23.7 Å². The Morgan fingerprint density at radius 1 is 1.06 bits per heavy atom. The topological polar surface area (TPSA) is 141 Å². The Labute approximate surface area is 178 Å². The lowest BCUT2D eigenvalue weighted by atomic mass is 9.89. The van der Waals surface area contributed by atoms with Crippen molar-refractivity contribution in [2.24, 2.45) is 5.92 Å². The molecule has 11 heteroatoms. The minimum atomic E-state index is -1.28. The third-order valence-corrected chi connectivity index (χ3v) is 4.64. The molecule has 11 nitrogen and oxygen atoms in total. The van der Waals surface area contributed by atoms with E-state index in [1.807, 2.05) is 6.92 Å². The van der Waals surface area contributed by atoms with E-state index in [2.05, 4.69) is 0 Å². The summed E-state index contributed by atoms with van der Waals surface area (Å²) in [4.78, 5) is 45.3. The van der Waals surface area contributed by atoms with E-state index in [0.29, 0.717) is 6.42 Å². The van der Waals surface area contributed by atoms with E-state index in [1.165, 1.54) is 26.0 Å². The second-order valence-electron chi connectivity index (χ2n) is 7.06. The lowest BCUT2D eigenvalue weighted by molar-refractivity contribution is -0.387. The molecule has 1 aromatic carbocycles. The summed E-state index contributed by atoms with van der Waals surface area (Å²) < 4.78 is 27.2. The van der Waals surface area contributed by atoms with Crippen LogP contribution >= 0.6 is 0 Å². The van der Waals surface area contributed by atoms with Crippen molar-refractivity contribution in [1.82, 2.24) is 0 Å². The summed E-state index contributed by atoms with van der Waals surface area (Å²) in [6.07, 6.45) is -3.23. The van der Waals surface area contributed by atoms with E-state index in [1.54, 1.807) is 6.92 Å². The first-order valence-electron chi connectivity index (χ1n) is 9.66. The van der Waals surface area contributed by atoms with E-state index in [0.717, 1.165) is 13.0 Å². The zero-order chi connectivity index (χ0) is 23.3. The van der Waals surface area contributed by atoms with Crippen LogP contribution in [0.1, 0.15) is 41.0 Å². The van der Waals surface area contributed by atoms with Crippen LogP contribution in [-0.4, -0.2) is 47.4 Å². The third-order valence-electron chi connectivity index (χ3n) is 4.64. The molecule has 0 saturated carbocycles. The molecule has 0 bridgehead atoms. The number of hydrogen-bond donors (Lipinski definition) is 0. The van der Waals surface area contributed by atoms with Crippen molar-refractivity contribution in [2.45, 2.75) is 65.6 Å². The van der Waals surface area contributed by atoms with E-state index in [-0.39, 0.29) is 17.4 Å². The number of nitro groups is 1. The van der Waals surface area contributed by atoms with Crippen molar-refractivity contribution in [3.05, 3.63) is 28.3 Å². The standard InChI is InChI=1S/C20H25NO10/c1-6-16-10(2)18(28-12(4)23)19(29-13(5)24)20(30-16)31-17-8-7-14(27-11(3)22)9-15(17)21(25)26/h7-10,16,18-20H,6H2,1-5H3/t10-,16-,18+,19-,20+/m0/s1. The lowest BCUT2D eigenvalue weighted by Crippen LogP contribution is -2.58. The maximum absolute atomic E-state index is 11.7. The molecule has 1 aromatic rings. The number of hydrogen-bond acceptors (Lipinski definition) is 10. The second-order valence-corrected chi connectivity index (χ2v) is 7.06. The van der Waals surface area contributed by atoms with Gasteiger partial charge in [-0.15, -0.1) is 0 Å².